The van der Waals surface area contributed by atoms with Crippen LogP contribution in [0, 0.1) is 5.82 Å². The van der Waals surface area contributed by atoms with E-state index in [0.29, 0.717) is 5.75 Å². The van der Waals surface area contributed by atoms with E-state index in [1.165, 1.54) is 17.7 Å². The van der Waals surface area contributed by atoms with Gasteiger partial charge in [0.25, 0.3) is 0 Å². The van der Waals surface area contributed by atoms with Crippen molar-refractivity contribution in [2.75, 3.05) is 11.9 Å². The number of anilines is 1. The predicted octanol–water partition coefficient (Wildman–Crippen LogP) is 4.36. The molecule has 2 nitrogen and oxygen atoms in total. The minimum atomic E-state index is -0.641. The molecule has 0 amide bonds. The number of fused-ring (bicyclic) bond motifs is 2. The van der Waals surface area contributed by atoms with Crippen LogP contribution >= 0.6 is 0 Å². The maximum Gasteiger partial charge on any atom is 0.211 e. The lowest BCUT2D eigenvalue weighted by Gasteiger charge is -2.45. The van der Waals surface area contributed by atoms with Crippen molar-refractivity contribution in [2.45, 2.75) is 25.0 Å². The third-order valence-electron chi connectivity index (χ3n) is 5.06. The normalized spacial score (nSPS) is 24.1. The van der Waals surface area contributed by atoms with Gasteiger partial charge in [-0.1, -0.05) is 18.2 Å². The van der Waals surface area contributed by atoms with Gasteiger partial charge >= 0.3 is 0 Å². The molecule has 0 N–H and O–H groups in total. The van der Waals surface area contributed by atoms with E-state index in [1.54, 1.807) is 6.07 Å². The third kappa shape index (κ3) is 1.48. The van der Waals surface area contributed by atoms with Crippen LogP contribution in [0.1, 0.15) is 25.0 Å². The molecule has 0 bridgehead atoms. The Morgan fingerprint density at radius 3 is 2.64 bits per heavy atom. The van der Waals surface area contributed by atoms with Crippen molar-refractivity contribution < 1.29 is 9.13 Å². The van der Waals surface area contributed by atoms with Crippen LogP contribution in [0.25, 0.3) is 6.08 Å². The summed E-state index contributed by atoms with van der Waals surface area (Å²) in [4.78, 5) is 2.15. The fourth-order valence-electron chi connectivity index (χ4n) is 3.74. The molecule has 0 radical (unpaired) electrons. The molecule has 1 atom stereocenters. The monoisotopic (exact) mass is 295 g/mol. The van der Waals surface area contributed by atoms with E-state index in [9.17, 15) is 4.39 Å². The lowest BCUT2D eigenvalue weighted by molar-refractivity contribution is 0.0578. The van der Waals surface area contributed by atoms with Crippen LogP contribution in [0.4, 0.5) is 10.1 Å². The zero-order valence-corrected chi connectivity index (χ0v) is 12.9. The number of hydrogen-bond acceptors (Lipinski definition) is 2. The number of halogens is 1. The molecule has 0 aromatic heterocycles. The standard InChI is InChI=1S/C19H18FNO/c1-18(2)15-6-4-5-7-16(15)21(3)19(18)11-10-13-8-9-14(20)12-17(13)22-19/h4-12H,1-3H3. The van der Waals surface area contributed by atoms with Gasteiger partial charge in [0, 0.05) is 24.4 Å². The quantitative estimate of drug-likeness (QED) is 0.716. The molecule has 0 aliphatic carbocycles. The van der Waals surface area contributed by atoms with Crippen LogP contribution in [-0.4, -0.2) is 12.8 Å². The average Bonchev–Trinajstić information content (AvgIpc) is 2.67. The summed E-state index contributed by atoms with van der Waals surface area (Å²) in [6.45, 7) is 4.34. The summed E-state index contributed by atoms with van der Waals surface area (Å²) < 4.78 is 20.0. The maximum absolute atomic E-state index is 13.6. The van der Waals surface area contributed by atoms with E-state index in [2.05, 4.69) is 37.0 Å². The maximum atomic E-state index is 13.6. The average molecular weight is 295 g/mol. The van der Waals surface area contributed by atoms with Crippen molar-refractivity contribution in [1.29, 1.82) is 0 Å². The summed E-state index contributed by atoms with van der Waals surface area (Å²) in [6.07, 6.45) is 4.12. The van der Waals surface area contributed by atoms with E-state index in [4.69, 9.17) is 4.74 Å². The van der Waals surface area contributed by atoms with Gasteiger partial charge in [-0.2, -0.15) is 0 Å². The largest absolute Gasteiger partial charge is 0.463 e. The van der Waals surface area contributed by atoms with Crippen LogP contribution < -0.4 is 9.64 Å². The minimum absolute atomic E-state index is 0.251. The minimum Gasteiger partial charge on any atom is -0.463 e. The summed E-state index contributed by atoms with van der Waals surface area (Å²) in [5.74, 6) is 0.315. The second-order valence-electron chi connectivity index (χ2n) is 6.52. The van der Waals surface area contributed by atoms with Gasteiger partial charge in [-0.3, -0.25) is 0 Å². The van der Waals surface area contributed by atoms with E-state index in [0.717, 1.165) is 11.3 Å². The predicted molar refractivity (Wildman–Crippen MR) is 86.7 cm³/mol. The van der Waals surface area contributed by atoms with Gasteiger partial charge in [0.05, 0.1) is 5.41 Å². The highest BCUT2D eigenvalue weighted by Gasteiger charge is 2.57. The SMILES string of the molecule is CN1c2ccccc2C(C)(C)C12C=Cc1ccc(F)cc1O2. The molecule has 1 unspecified atom stereocenters. The summed E-state index contributed by atoms with van der Waals surface area (Å²) in [6, 6.07) is 13.0. The zero-order valence-electron chi connectivity index (χ0n) is 12.9. The summed E-state index contributed by atoms with van der Waals surface area (Å²) in [5.41, 5.74) is 2.40. The lowest BCUT2D eigenvalue weighted by Crippen LogP contribution is -2.58. The molecule has 2 aromatic carbocycles. The molecular formula is C19H18FNO. The molecule has 1 spiro atoms. The van der Waals surface area contributed by atoms with E-state index >= 15 is 0 Å². The van der Waals surface area contributed by atoms with Gasteiger partial charge in [-0.25, -0.2) is 4.39 Å². The molecule has 0 saturated heterocycles. The summed E-state index contributed by atoms with van der Waals surface area (Å²) >= 11 is 0. The van der Waals surface area contributed by atoms with Gasteiger partial charge in [0.2, 0.25) is 5.72 Å². The third-order valence-corrected chi connectivity index (χ3v) is 5.06. The lowest BCUT2D eigenvalue weighted by atomic mass is 9.76. The Morgan fingerprint density at radius 2 is 1.86 bits per heavy atom. The molecule has 3 heteroatoms. The van der Waals surface area contributed by atoms with Crippen molar-refractivity contribution in [3.63, 3.8) is 0 Å². The Labute approximate surface area is 129 Å². The van der Waals surface area contributed by atoms with Crippen LogP contribution in [0.5, 0.6) is 5.75 Å². The van der Waals surface area contributed by atoms with Gasteiger partial charge in [0.15, 0.2) is 0 Å². The van der Waals surface area contributed by atoms with E-state index in [-0.39, 0.29) is 11.2 Å². The van der Waals surface area contributed by atoms with Crippen molar-refractivity contribution >= 4 is 11.8 Å². The fourth-order valence-corrected chi connectivity index (χ4v) is 3.74. The van der Waals surface area contributed by atoms with E-state index < -0.39 is 5.72 Å². The molecule has 22 heavy (non-hydrogen) atoms. The molecule has 4 rings (SSSR count). The Hall–Kier alpha value is -2.29. The van der Waals surface area contributed by atoms with Crippen LogP contribution in [0.2, 0.25) is 0 Å². The number of nitrogens with zero attached hydrogens (tertiary/aromatic N) is 1. The first kappa shape index (κ1) is 13.4. The second-order valence-corrected chi connectivity index (χ2v) is 6.52. The van der Waals surface area contributed by atoms with Gasteiger partial charge in [-0.05, 0) is 49.8 Å². The topological polar surface area (TPSA) is 12.5 Å². The smallest absolute Gasteiger partial charge is 0.211 e. The molecule has 0 saturated carbocycles. The number of likely N-dealkylation sites (N-methyl/N-ethyl adjacent to an activating group) is 1. The molecular weight excluding hydrogens is 277 g/mol. The number of para-hydroxylation sites is 1. The van der Waals surface area contributed by atoms with Crippen LogP contribution in [-0.2, 0) is 5.41 Å². The van der Waals surface area contributed by atoms with Crippen molar-refractivity contribution in [3.05, 3.63) is 65.5 Å². The first-order valence-corrected chi connectivity index (χ1v) is 7.47. The summed E-state index contributed by atoms with van der Waals surface area (Å²) in [5, 5.41) is 0. The summed E-state index contributed by atoms with van der Waals surface area (Å²) in [7, 11) is 2.03. The molecule has 2 heterocycles. The Balaban J connectivity index is 1.91. The van der Waals surface area contributed by atoms with Gasteiger partial charge < -0.3 is 9.64 Å². The Bertz CT molecular complexity index is 796. The molecule has 2 aliphatic heterocycles. The molecule has 112 valence electrons. The highest BCUT2D eigenvalue weighted by Crippen LogP contribution is 2.54. The Kier molecular flexibility index (Phi) is 2.51. The second kappa shape index (κ2) is 4.13. The van der Waals surface area contributed by atoms with Crippen molar-refractivity contribution in [3.8, 4) is 5.75 Å². The van der Waals surface area contributed by atoms with Crippen LogP contribution in [0.15, 0.2) is 48.5 Å². The number of rotatable bonds is 0. The Morgan fingerprint density at radius 1 is 1.09 bits per heavy atom. The van der Waals surface area contributed by atoms with Crippen LogP contribution in [0.3, 0.4) is 0 Å². The molecule has 2 aliphatic rings. The van der Waals surface area contributed by atoms with Gasteiger partial charge in [0.1, 0.15) is 11.6 Å². The highest BCUT2D eigenvalue weighted by molar-refractivity contribution is 5.71. The fraction of sp³-hybridized carbons (Fsp3) is 0.263. The number of benzene rings is 2. The first-order valence-electron chi connectivity index (χ1n) is 7.47. The van der Waals surface area contributed by atoms with Crippen molar-refractivity contribution in [1.82, 2.24) is 0 Å². The van der Waals surface area contributed by atoms with Crippen molar-refractivity contribution in [2.24, 2.45) is 0 Å². The first-order chi connectivity index (χ1) is 10.5. The molecule has 2 aromatic rings. The van der Waals surface area contributed by atoms with E-state index in [1.807, 2.05) is 25.3 Å². The number of ether oxygens (including phenoxy) is 1. The molecule has 0 fully saturated rings. The number of hydrogen-bond donors (Lipinski definition) is 0. The zero-order chi connectivity index (χ0) is 15.5. The highest BCUT2D eigenvalue weighted by atomic mass is 19.1. The van der Waals surface area contributed by atoms with Gasteiger partial charge in [-0.15, -0.1) is 0 Å².